The molecule has 6 nitrogen and oxygen atoms in total. The second kappa shape index (κ2) is 9.49. The van der Waals surface area contributed by atoms with Crippen LogP contribution in [0.25, 0.3) is 0 Å². The Morgan fingerprint density at radius 2 is 1.90 bits per heavy atom. The number of rotatable bonds is 7. The van der Waals surface area contributed by atoms with Gasteiger partial charge in [0.15, 0.2) is 0 Å². The first kappa shape index (κ1) is 20.7. The summed E-state index contributed by atoms with van der Waals surface area (Å²) in [5.74, 6) is 0.723. The third kappa shape index (κ3) is 4.60. The quantitative estimate of drug-likeness (QED) is 0.762. The lowest BCUT2D eigenvalue weighted by atomic mass is 10.00. The van der Waals surface area contributed by atoms with Gasteiger partial charge < -0.3 is 19.7 Å². The van der Waals surface area contributed by atoms with Crippen LogP contribution in [0.3, 0.4) is 0 Å². The summed E-state index contributed by atoms with van der Waals surface area (Å²) in [4.78, 5) is 17.5. The molecule has 0 saturated carbocycles. The minimum absolute atomic E-state index is 0.0581. The number of ether oxygens (including phenoxy) is 2. The number of nitrogens with one attached hydrogen (secondary N) is 1. The molecule has 1 saturated heterocycles. The molecular weight excluding hydrogens is 378 g/mol. The van der Waals surface area contributed by atoms with E-state index in [0.717, 1.165) is 45.0 Å². The Morgan fingerprint density at radius 1 is 1.13 bits per heavy atom. The summed E-state index contributed by atoms with van der Waals surface area (Å²) in [6.07, 6.45) is 1.08. The van der Waals surface area contributed by atoms with Crippen molar-refractivity contribution in [2.45, 2.75) is 19.4 Å². The number of amides is 1. The second-order valence-electron chi connectivity index (χ2n) is 7.89. The molecule has 4 rings (SSSR count). The molecule has 160 valence electrons. The average molecular weight is 410 g/mol. The molecule has 6 heteroatoms. The summed E-state index contributed by atoms with van der Waals surface area (Å²) in [7, 11) is 2.14. The summed E-state index contributed by atoms with van der Waals surface area (Å²) in [6.45, 7) is 7.41. The lowest BCUT2D eigenvalue weighted by Gasteiger charge is -2.35. The van der Waals surface area contributed by atoms with E-state index in [1.807, 2.05) is 31.2 Å². The van der Waals surface area contributed by atoms with Crippen LogP contribution in [0.4, 0.5) is 5.69 Å². The predicted molar refractivity (Wildman–Crippen MR) is 118 cm³/mol. The van der Waals surface area contributed by atoms with Gasteiger partial charge in [-0.1, -0.05) is 12.1 Å². The average Bonchev–Trinajstić information content (AvgIpc) is 3.15. The zero-order chi connectivity index (χ0) is 20.9. The molecule has 1 amide bonds. The van der Waals surface area contributed by atoms with Crippen molar-refractivity contribution in [1.82, 2.24) is 10.2 Å². The molecule has 0 spiro atoms. The molecule has 0 aromatic heterocycles. The number of hydrogen-bond acceptors (Lipinski definition) is 5. The van der Waals surface area contributed by atoms with Crippen LogP contribution >= 0.6 is 0 Å². The first-order chi connectivity index (χ1) is 14.7. The van der Waals surface area contributed by atoms with E-state index in [-0.39, 0.29) is 11.9 Å². The van der Waals surface area contributed by atoms with Gasteiger partial charge in [0.05, 0.1) is 25.9 Å². The van der Waals surface area contributed by atoms with E-state index in [1.165, 1.54) is 16.8 Å². The molecular formula is C24H31N3O3. The fourth-order valence-electron chi connectivity index (χ4n) is 4.30. The maximum Gasteiger partial charge on any atom is 0.251 e. The van der Waals surface area contributed by atoms with Crippen molar-refractivity contribution >= 4 is 11.6 Å². The molecule has 1 atom stereocenters. The van der Waals surface area contributed by atoms with Gasteiger partial charge in [-0.25, -0.2) is 0 Å². The number of nitrogens with zero attached hydrogens (tertiary/aromatic N) is 2. The molecule has 0 radical (unpaired) electrons. The van der Waals surface area contributed by atoms with Crippen LogP contribution in [-0.4, -0.2) is 63.9 Å². The van der Waals surface area contributed by atoms with Crippen LogP contribution in [0.2, 0.25) is 0 Å². The summed E-state index contributed by atoms with van der Waals surface area (Å²) in [6, 6.07) is 14.2. The first-order valence-corrected chi connectivity index (χ1v) is 10.8. The molecule has 30 heavy (non-hydrogen) atoms. The summed E-state index contributed by atoms with van der Waals surface area (Å²) < 4.78 is 11.0. The third-order valence-corrected chi connectivity index (χ3v) is 5.99. The Bertz CT molecular complexity index is 862. The SMILES string of the molecule is CCOc1ccc(C(=O)NC[C@@H](c2ccc3c(c2)CCN3C)N2CCOCC2)cc1. The predicted octanol–water partition coefficient (Wildman–Crippen LogP) is 2.88. The fourth-order valence-corrected chi connectivity index (χ4v) is 4.30. The highest BCUT2D eigenvalue weighted by atomic mass is 16.5. The van der Waals surface area contributed by atoms with E-state index in [4.69, 9.17) is 9.47 Å². The number of fused-ring (bicyclic) bond motifs is 1. The normalized spacial score (nSPS) is 17.5. The van der Waals surface area contributed by atoms with Crippen LogP contribution in [0.5, 0.6) is 5.75 Å². The Hall–Kier alpha value is -2.57. The number of morpholine rings is 1. The Balaban J connectivity index is 1.48. The van der Waals surface area contributed by atoms with Crippen LogP contribution in [0.15, 0.2) is 42.5 Å². The molecule has 2 aromatic carbocycles. The van der Waals surface area contributed by atoms with Crippen LogP contribution in [0.1, 0.15) is 34.5 Å². The number of carbonyl (C=O) groups is 1. The van der Waals surface area contributed by atoms with Gasteiger partial charge in [0.25, 0.3) is 5.91 Å². The Kier molecular flexibility index (Phi) is 6.55. The molecule has 2 heterocycles. The van der Waals surface area contributed by atoms with Crippen molar-refractivity contribution in [3.8, 4) is 5.75 Å². The van der Waals surface area contributed by atoms with Gasteiger partial charge >= 0.3 is 0 Å². The third-order valence-electron chi connectivity index (χ3n) is 5.99. The van der Waals surface area contributed by atoms with Crippen LogP contribution in [0, 0.1) is 0 Å². The van der Waals surface area contributed by atoms with E-state index in [9.17, 15) is 4.79 Å². The maximum absolute atomic E-state index is 12.8. The van der Waals surface area contributed by atoms with Gasteiger partial charge in [-0.05, 0) is 54.8 Å². The van der Waals surface area contributed by atoms with Crippen molar-refractivity contribution in [2.75, 3.05) is 57.9 Å². The lowest BCUT2D eigenvalue weighted by Crippen LogP contribution is -2.43. The van der Waals surface area contributed by atoms with Gasteiger partial charge in [0.2, 0.25) is 0 Å². The monoisotopic (exact) mass is 409 g/mol. The lowest BCUT2D eigenvalue weighted by molar-refractivity contribution is 0.0162. The van der Waals surface area contributed by atoms with Crippen molar-refractivity contribution in [3.05, 3.63) is 59.2 Å². The first-order valence-electron chi connectivity index (χ1n) is 10.8. The number of anilines is 1. The summed E-state index contributed by atoms with van der Waals surface area (Å²) in [5.41, 5.74) is 4.62. The number of hydrogen-bond donors (Lipinski definition) is 1. The zero-order valence-corrected chi connectivity index (χ0v) is 17.9. The largest absolute Gasteiger partial charge is 0.494 e. The van der Waals surface area contributed by atoms with Crippen molar-refractivity contribution in [3.63, 3.8) is 0 Å². The molecule has 1 N–H and O–H groups in total. The molecule has 0 aliphatic carbocycles. The maximum atomic E-state index is 12.8. The highest BCUT2D eigenvalue weighted by Crippen LogP contribution is 2.31. The molecule has 2 aromatic rings. The van der Waals surface area contributed by atoms with Gasteiger partial charge in [-0.2, -0.15) is 0 Å². The minimum atomic E-state index is -0.0581. The van der Waals surface area contributed by atoms with E-state index < -0.39 is 0 Å². The summed E-state index contributed by atoms with van der Waals surface area (Å²) >= 11 is 0. The van der Waals surface area contributed by atoms with Crippen LogP contribution < -0.4 is 15.0 Å². The topological polar surface area (TPSA) is 54.0 Å². The molecule has 2 aliphatic rings. The fraction of sp³-hybridized carbons (Fsp3) is 0.458. The van der Waals surface area contributed by atoms with E-state index >= 15 is 0 Å². The molecule has 2 aliphatic heterocycles. The van der Waals surface area contributed by atoms with Crippen LogP contribution in [-0.2, 0) is 11.2 Å². The van der Waals surface area contributed by atoms with Gasteiger partial charge in [-0.15, -0.1) is 0 Å². The van der Waals surface area contributed by atoms with E-state index in [0.29, 0.717) is 18.7 Å². The van der Waals surface area contributed by atoms with Gasteiger partial charge in [0.1, 0.15) is 5.75 Å². The van der Waals surface area contributed by atoms with Crippen molar-refractivity contribution in [1.29, 1.82) is 0 Å². The van der Waals surface area contributed by atoms with Crippen molar-refractivity contribution < 1.29 is 14.3 Å². The number of benzene rings is 2. The number of carbonyl (C=O) groups excluding carboxylic acids is 1. The number of likely N-dealkylation sites (N-methyl/N-ethyl adjacent to an activating group) is 1. The Labute approximate surface area is 178 Å². The van der Waals surface area contributed by atoms with E-state index in [2.05, 4.69) is 40.4 Å². The smallest absolute Gasteiger partial charge is 0.251 e. The Morgan fingerprint density at radius 3 is 2.63 bits per heavy atom. The highest BCUT2D eigenvalue weighted by molar-refractivity contribution is 5.94. The van der Waals surface area contributed by atoms with Gasteiger partial charge in [-0.3, -0.25) is 9.69 Å². The molecule has 0 unspecified atom stereocenters. The standard InChI is InChI=1S/C24H31N3O3/c1-3-30-21-7-4-18(5-8-21)24(28)25-17-23(27-12-14-29-15-13-27)19-6-9-22-20(16-19)10-11-26(22)2/h4-9,16,23H,3,10-15,17H2,1-2H3,(H,25,28)/t23-/m0/s1. The summed E-state index contributed by atoms with van der Waals surface area (Å²) in [5, 5.41) is 3.15. The van der Waals surface area contributed by atoms with E-state index in [1.54, 1.807) is 0 Å². The molecule has 0 bridgehead atoms. The highest BCUT2D eigenvalue weighted by Gasteiger charge is 2.25. The zero-order valence-electron chi connectivity index (χ0n) is 17.9. The second-order valence-corrected chi connectivity index (χ2v) is 7.89. The molecule has 1 fully saturated rings. The minimum Gasteiger partial charge on any atom is -0.494 e. The van der Waals surface area contributed by atoms with Crippen molar-refractivity contribution in [2.24, 2.45) is 0 Å². The van der Waals surface area contributed by atoms with Gasteiger partial charge in [0, 0.05) is 44.5 Å².